The van der Waals surface area contributed by atoms with E-state index in [4.69, 9.17) is 19.6 Å². The number of oxazole rings is 1. The number of aryl methyl sites for hydroxylation is 1. The van der Waals surface area contributed by atoms with E-state index in [1.807, 2.05) is 42.5 Å². The maximum Gasteiger partial charge on any atom is 0.407 e. The summed E-state index contributed by atoms with van der Waals surface area (Å²) in [7, 11) is 0. The average molecular weight is 784 g/mol. The zero-order chi connectivity index (χ0) is 39.6. The maximum absolute atomic E-state index is 14.7. The van der Waals surface area contributed by atoms with Crippen molar-refractivity contribution in [3.8, 4) is 0 Å². The summed E-state index contributed by atoms with van der Waals surface area (Å²) in [6.45, 7) is 1.10. The second kappa shape index (κ2) is 19.9. The third-order valence-electron chi connectivity index (χ3n) is 12.8. The molecule has 0 bridgehead atoms. The number of benzene rings is 2. The molecule has 1 saturated heterocycles. The van der Waals surface area contributed by atoms with E-state index < -0.39 is 35.9 Å². The van der Waals surface area contributed by atoms with Crippen LogP contribution in [0.3, 0.4) is 0 Å². The van der Waals surface area contributed by atoms with E-state index in [-0.39, 0.29) is 42.8 Å². The quantitative estimate of drug-likeness (QED) is 0.131. The Morgan fingerprint density at radius 1 is 0.789 bits per heavy atom. The number of amides is 3. The van der Waals surface area contributed by atoms with Crippen molar-refractivity contribution < 1.29 is 33.1 Å². The van der Waals surface area contributed by atoms with Crippen molar-refractivity contribution in [3.05, 3.63) is 66.1 Å². The Bertz CT molecular complexity index is 1750. The Morgan fingerprint density at radius 2 is 1.47 bits per heavy atom. The first-order valence-electron chi connectivity index (χ1n) is 21.6. The van der Waals surface area contributed by atoms with E-state index in [9.17, 15) is 19.2 Å². The number of alkyl carbamates (subject to hydrolysis) is 1. The second-order valence-corrected chi connectivity index (χ2v) is 17.1. The van der Waals surface area contributed by atoms with Crippen LogP contribution in [-0.2, 0) is 25.5 Å². The fourth-order valence-corrected chi connectivity index (χ4v) is 9.39. The number of nitrogens with two attached hydrogens (primary N) is 1. The molecule has 3 amide bonds. The molecule has 1 aromatic heterocycles. The number of ether oxygens (including phenoxy) is 2. The zero-order valence-corrected chi connectivity index (χ0v) is 33.3. The van der Waals surface area contributed by atoms with Crippen molar-refractivity contribution in [3.63, 3.8) is 0 Å². The molecule has 4 atom stereocenters. The van der Waals surface area contributed by atoms with Crippen LogP contribution in [0, 0.1) is 17.8 Å². The third kappa shape index (κ3) is 11.2. The van der Waals surface area contributed by atoms with Crippen molar-refractivity contribution in [1.29, 1.82) is 0 Å². The van der Waals surface area contributed by atoms with Crippen LogP contribution in [0.5, 0.6) is 0 Å². The predicted octanol–water partition coefficient (Wildman–Crippen LogP) is 6.89. The van der Waals surface area contributed by atoms with Gasteiger partial charge in [-0.2, -0.15) is 0 Å². The number of rotatable bonds is 16. The number of likely N-dealkylation sites (tertiary alicyclic amines) is 1. The van der Waals surface area contributed by atoms with E-state index in [2.05, 4.69) is 15.6 Å². The molecule has 57 heavy (non-hydrogen) atoms. The molecule has 1 aliphatic heterocycles. The van der Waals surface area contributed by atoms with Crippen LogP contribution in [0.2, 0.25) is 0 Å². The number of fused-ring (bicyclic) bond motifs is 1. The lowest BCUT2D eigenvalue weighted by atomic mass is 9.82. The second-order valence-electron chi connectivity index (χ2n) is 17.1. The summed E-state index contributed by atoms with van der Waals surface area (Å²) in [6, 6.07) is 14.4. The van der Waals surface area contributed by atoms with Crippen LogP contribution in [0.15, 0.2) is 59.0 Å². The molecular formula is C45H61N5O7. The maximum atomic E-state index is 14.7. The van der Waals surface area contributed by atoms with Crippen molar-refractivity contribution in [2.75, 3.05) is 19.8 Å². The molecule has 2 aromatic carbocycles. The summed E-state index contributed by atoms with van der Waals surface area (Å²) < 4.78 is 18.1. The molecule has 3 saturated carbocycles. The molecule has 3 aromatic rings. The van der Waals surface area contributed by atoms with Gasteiger partial charge in [-0.3, -0.25) is 14.4 Å². The van der Waals surface area contributed by atoms with Crippen molar-refractivity contribution >= 4 is 34.8 Å². The minimum atomic E-state index is -0.933. The summed E-state index contributed by atoms with van der Waals surface area (Å²) in [5, 5.41) is 5.97. The van der Waals surface area contributed by atoms with Crippen molar-refractivity contribution in [2.45, 2.75) is 139 Å². The normalized spacial score (nSPS) is 24.3. The highest BCUT2D eigenvalue weighted by atomic mass is 16.5. The molecule has 2 heterocycles. The van der Waals surface area contributed by atoms with Crippen LogP contribution in [0.4, 0.5) is 4.79 Å². The molecule has 0 spiro atoms. The van der Waals surface area contributed by atoms with Gasteiger partial charge in [-0.15, -0.1) is 0 Å². The number of hydrogen-bond acceptors (Lipinski definition) is 9. The molecule has 0 unspecified atom stereocenters. The number of Topliss-reactive ketones (excluding diaryl/α,β-unsaturated/α-hetero) is 1. The average Bonchev–Trinajstić information content (AvgIpc) is 4.02. The standard InChI is InChI=1S/C45H61N5O7/c46-34-22-19-31(20-23-34)25-38(41(51)43-48-36-17-9-10-18-40(36)57-43)47-42(52)39-26-35(55-28-32-13-5-2-6-14-32)27-50(39)44(53)37(24-21-30-11-3-1-4-12-30)49-45(54)56-29-33-15-7-8-16-33/h1,3-4,9-12,17-18,31-35,37-39H,2,5-8,13-16,19-29,46H2,(H,47,52)(H,49,54)/t31-,34-,35-,37-,38+,39+/m1/s1. The first-order chi connectivity index (χ1) is 27.8. The van der Waals surface area contributed by atoms with Gasteiger partial charge in [0.2, 0.25) is 17.6 Å². The van der Waals surface area contributed by atoms with Gasteiger partial charge in [0.15, 0.2) is 5.58 Å². The molecule has 4 N–H and O–H groups in total. The van der Waals surface area contributed by atoms with Gasteiger partial charge in [0.05, 0.1) is 18.8 Å². The minimum Gasteiger partial charge on any atom is -0.449 e. The van der Waals surface area contributed by atoms with Gasteiger partial charge >= 0.3 is 6.09 Å². The van der Waals surface area contributed by atoms with Gasteiger partial charge in [0.25, 0.3) is 5.89 Å². The number of nitrogens with zero attached hydrogens (tertiary/aromatic N) is 2. The fourth-order valence-electron chi connectivity index (χ4n) is 9.39. The number of aromatic nitrogens is 1. The number of hydrogen-bond donors (Lipinski definition) is 3. The lowest BCUT2D eigenvalue weighted by Crippen LogP contribution is -2.55. The highest BCUT2D eigenvalue weighted by molar-refractivity contribution is 6.01. The SMILES string of the molecule is N[C@H]1CC[C@H](C[C@H](NC(=O)[C@@H]2C[C@@H](OCC3CCCCC3)CN2C(=O)[C@@H](CCc2ccccc2)NC(=O)OCC2CCCC2)C(=O)c2nc3ccccc3o2)CC1. The van der Waals surface area contributed by atoms with Crippen LogP contribution >= 0.6 is 0 Å². The highest BCUT2D eigenvalue weighted by Gasteiger charge is 2.44. The number of ketones is 1. The lowest BCUT2D eigenvalue weighted by molar-refractivity contribution is -0.140. The Kier molecular flexibility index (Phi) is 14.3. The van der Waals surface area contributed by atoms with Gasteiger partial charge in [0.1, 0.15) is 17.6 Å². The molecule has 7 rings (SSSR count). The van der Waals surface area contributed by atoms with E-state index in [1.165, 1.54) is 19.3 Å². The summed E-state index contributed by atoms with van der Waals surface area (Å²) in [5.41, 5.74) is 8.32. The Balaban J connectivity index is 1.11. The van der Waals surface area contributed by atoms with Gasteiger partial charge in [-0.1, -0.05) is 74.6 Å². The fraction of sp³-hybridized carbons (Fsp3) is 0.622. The predicted molar refractivity (Wildman–Crippen MR) is 216 cm³/mol. The summed E-state index contributed by atoms with van der Waals surface area (Å²) in [6.07, 6.45) is 14.1. The number of nitrogens with one attached hydrogen (secondary N) is 2. The van der Waals surface area contributed by atoms with Crippen LogP contribution in [-0.4, -0.2) is 83.6 Å². The van der Waals surface area contributed by atoms with Crippen molar-refractivity contribution in [2.24, 2.45) is 23.5 Å². The van der Waals surface area contributed by atoms with Gasteiger partial charge < -0.3 is 35.2 Å². The number of carbonyl (C=O) groups excluding carboxylic acids is 4. The lowest BCUT2D eigenvalue weighted by Gasteiger charge is -2.31. The molecule has 3 aliphatic carbocycles. The summed E-state index contributed by atoms with van der Waals surface area (Å²) >= 11 is 0. The van der Waals surface area contributed by atoms with Crippen molar-refractivity contribution in [1.82, 2.24) is 20.5 Å². The Labute approximate surface area is 336 Å². The minimum absolute atomic E-state index is 0.0525. The Hall–Kier alpha value is -4.29. The van der Waals surface area contributed by atoms with Gasteiger partial charge in [-0.05, 0) is 106 Å². The molecular weight excluding hydrogens is 723 g/mol. The van der Waals surface area contributed by atoms with E-state index in [1.54, 1.807) is 17.0 Å². The van der Waals surface area contributed by atoms with E-state index in [0.29, 0.717) is 55.4 Å². The van der Waals surface area contributed by atoms with Crippen LogP contribution in [0.1, 0.15) is 119 Å². The highest BCUT2D eigenvalue weighted by Crippen LogP contribution is 2.31. The summed E-state index contributed by atoms with van der Waals surface area (Å²) in [4.78, 5) is 62.8. The number of para-hydroxylation sites is 2. The largest absolute Gasteiger partial charge is 0.449 e. The first kappa shape index (κ1) is 40.9. The van der Waals surface area contributed by atoms with E-state index in [0.717, 1.165) is 69.8 Å². The van der Waals surface area contributed by atoms with Gasteiger partial charge in [0, 0.05) is 25.6 Å². The van der Waals surface area contributed by atoms with E-state index >= 15 is 0 Å². The molecule has 12 heteroatoms. The smallest absolute Gasteiger partial charge is 0.407 e. The third-order valence-corrected chi connectivity index (χ3v) is 12.8. The molecule has 12 nitrogen and oxygen atoms in total. The molecule has 308 valence electrons. The topological polar surface area (TPSA) is 166 Å². The first-order valence-corrected chi connectivity index (χ1v) is 21.6. The van der Waals surface area contributed by atoms with Crippen LogP contribution < -0.4 is 16.4 Å². The number of carbonyl (C=O) groups is 4. The monoisotopic (exact) mass is 783 g/mol. The van der Waals surface area contributed by atoms with Gasteiger partial charge in [-0.25, -0.2) is 9.78 Å². The molecule has 4 fully saturated rings. The summed E-state index contributed by atoms with van der Waals surface area (Å²) in [5.74, 6) is -0.286. The van der Waals surface area contributed by atoms with Crippen LogP contribution in [0.25, 0.3) is 11.1 Å². The Morgan fingerprint density at radius 3 is 2.21 bits per heavy atom. The zero-order valence-electron chi connectivity index (χ0n) is 33.3. The molecule has 4 aliphatic rings. The molecule has 0 radical (unpaired) electrons.